The molecule has 0 atom stereocenters. The first kappa shape index (κ1) is 15.2. The Kier molecular flexibility index (Phi) is 4.92. The van der Waals surface area contributed by atoms with Gasteiger partial charge in [0.1, 0.15) is 6.54 Å². The lowest BCUT2D eigenvalue weighted by molar-refractivity contribution is -0.116. The van der Waals surface area contributed by atoms with Gasteiger partial charge in [0.25, 0.3) is 5.56 Å². The molecule has 0 saturated heterocycles. The predicted molar refractivity (Wildman–Crippen MR) is 88.7 cm³/mol. The van der Waals surface area contributed by atoms with Crippen LogP contribution in [0.2, 0.25) is 0 Å². The van der Waals surface area contributed by atoms with Crippen LogP contribution in [0.4, 0.5) is 5.69 Å². The number of hydrogen-bond acceptors (Lipinski definition) is 3. The summed E-state index contributed by atoms with van der Waals surface area (Å²) >= 11 is 5.26. The fraction of sp³-hybridized carbons (Fsp3) is 0.154. The van der Waals surface area contributed by atoms with Crippen LogP contribution < -0.4 is 10.9 Å². The second-order valence-electron chi connectivity index (χ2n) is 4.13. The Labute approximate surface area is 137 Å². The lowest BCUT2D eigenvalue weighted by Gasteiger charge is -2.08. The van der Waals surface area contributed by atoms with E-state index in [0.717, 1.165) is 4.47 Å². The van der Waals surface area contributed by atoms with E-state index in [1.54, 1.807) is 19.1 Å². The average Bonchev–Trinajstić information content (AvgIpc) is 2.42. The molecule has 1 amide bonds. The van der Waals surface area contributed by atoms with Crippen LogP contribution in [0.5, 0.6) is 0 Å². The van der Waals surface area contributed by atoms with E-state index >= 15 is 0 Å². The van der Waals surface area contributed by atoms with Crippen LogP contribution in [0.3, 0.4) is 0 Å². The molecule has 1 aromatic carbocycles. The summed E-state index contributed by atoms with van der Waals surface area (Å²) in [5.74, 6) is -0.268. The number of anilines is 1. The van der Waals surface area contributed by atoms with E-state index in [2.05, 4.69) is 26.2 Å². The molecule has 0 spiro atoms. The highest BCUT2D eigenvalue weighted by atomic mass is 127. The molecule has 0 fully saturated rings. The molecule has 0 aliphatic heterocycles. The van der Waals surface area contributed by atoms with Crippen molar-refractivity contribution in [1.29, 1.82) is 0 Å². The van der Waals surface area contributed by atoms with Gasteiger partial charge in [0.15, 0.2) is 0 Å². The summed E-state index contributed by atoms with van der Waals surface area (Å²) in [6, 6.07) is 7.22. The molecule has 0 aliphatic carbocycles. The lowest BCUT2D eigenvalue weighted by atomic mass is 10.3. The first-order valence-corrected chi connectivity index (χ1v) is 7.61. The minimum Gasteiger partial charge on any atom is -0.325 e. The number of carbonyl (C=O) groups is 1. The maximum absolute atomic E-state index is 12.0. The van der Waals surface area contributed by atoms with Gasteiger partial charge in [0.05, 0.1) is 15.6 Å². The van der Waals surface area contributed by atoms with Crippen molar-refractivity contribution < 1.29 is 4.79 Å². The number of benzene rings is 1. The largest absolute Gasteiger partial charge is 0.325 e. The standard InChI is InChI=1S/C13H11BrIN3O2/c1-8-12(15)13(20)18(7-16-8)6-11(19)17-10-4-2-9(14)3-5-10/h2-5,7H,6H2,1H3,(H,17,19). The van der Waals surface area contributed by atoms with Gasteiger partial charge < -0.3 is 5.32 Å². The topological polar surface area (TPSA) is 64.0 Å². The Morgan fingerprint density at radius 2 is 2.05 bits per heavy atom. The minimum atomic E-state index is -0.268. The number of nitrogens with one attached hydrogen (secondary N) is 1. The summed E-state index contributed by atoms with van der Waals surface area (Å²) in [5.41, 5.74) is 1.14. The molecule has 20 heavy (non-hydrogen) atoms. The molecule has 2 rings (SSSR count). The second kappa shape index (κ2) is 6.49. The molecular weight excluding hydrogens is 437 g/mol. The zero-order chi connectivity index (χ0) is 14.7. The zero-order valence-electron chi connectivity index (χ0n) is 10.6. The van der Waals surface area contributed by atoms with Crippen molar-refractivity contribution in [3.63, 3.8) is 0 Å². The van der Waals surface area contributed by atoms with Gasteiger partial charge in [-0.1, -0.05) is 15.9 Å². The van der Waals surface area contributed by atoms with Crippen LogP contribution in [0.25, 0.3) is 0 Å². The van der Waals surface area contributed by atoms with Gasteiger partial charge in [-0.25, -0.2) is 4.98 Å². The first-order valence-electron chi connectivity index (χ1n) is 5.74. The maximum atomic E-state index is 12.0. The van der Waals surface area contributed by atoms with Crippen LogP contribution in [0.1, 0.15) is 5.69 Å². The Bertz CT molecular complexity index is 698. The molecule has 5 nitrogen and oxygen atoms in total. The molecule has 1 aromatic heterocycles. The average molecular weight is 448 g/mol. The Morgan fingerprint density at radius 3 is 2.70 bits per heavy atom. The monoisotopic (exact) mass is 447 g/mol. The Balaban J connectivity index is 2.11. The van der Waals surface area contributed by atoms with Gasteiger partial charge in [-0.2, -0.15) is 0 Å². The smallest absolute Gasteiger partial charge is 0.267 e. The molecule has 0 bridgehead atoms. The van der Waals surface area contributed by atoms with Gasteiger partial charge >= 0.3 is 0 Å². The predicted octanol–water partition coefficient (Wildman–Crippen LogP) is 2.56. The highest BCUT2D eigenvalue weighted by Crippen LogP contribution is 2.14. The maximum Gasteiger partial charge on any atom is 0.267 e. The Hall–Kier alpha value is -1.22. The number of nitrogens with zero attached hydrogens (tertiary/aromatic N) is 2. The third-order valence-electron chi connectivity index (χ3n) is 2.60. The van der Waals surface area contributed by atoms with Crippen molar-refractivity contribution in [2.75, 3.05) is 5.32 Å². The molecule has 2 aromatic rings. The van der Waals surface area contributed by atoms with Crippen LogP contribution in [0.15, 0.2) is 39.9 Å². The normalized spacial score (nSPS) is 10.3. The highest BCUT2D eigenvalue weighted by Gasteiger charge is 2.09. The van der Waals surface area contributed by atoms with Gasteiger partial charge in [-0.05, 0) is 53.8 Å². The number of carbonyl (C=O) groups excluding carboxylic acids is 1. The molecule has 7 heteroatoms. The van der Waals surface area contributed by atoms with Crippen molar-refractivity contribution in [2.45, 2.75) is 13.5 Å². The van der Waals surface area contributed by atoms with E-state index in [0.29, 0.717) is 15.0 Å². The minimum absolute atomic E-state index is 0.0574. The summed E-state index contributed by atoms with van der Waals surface area (Å²) < 4.78 is 2.76. The number of halogens is 2. The van der Waals surface area contributed by atoms with Gasteiger partial charge in [0.2, 0.25) is 5.91 Å². The van der Waals surface area contributed by atoms with E-state index in [1.807, 2.05) is 34.7 Å². The fourth-order valence-corrected chi connectivity index (χ4v) is 2.26. The summed E-state index contributed by atoms with van der Waals surface area (Å²) in [6.07, 6.45) is 1.39. The van der Waals surface area contributed by atoms with E-state index in [4.69, 9.17) is 0 Å². The van der Waals surface area contributed by atoms with Crippen molar-refractivity contribution in [3.05, 3.63) is 54.7 Å². The molecule has 1 heterocycles. The van der Waals surface area contributed by atoms with Crippen LogP contribution in [-0.4, -0.2) is 15.5 Å². The second-order valence-corrected chi connectivity index (χ2v) is 6.13. The van der Waals surface area contributed by atoms with Gasteiger partial charge in [-0.15, -0.1) is 0 Å². The van der Waals surface area contributed by atoms with Crippen molar-refractivity contribution in [2.24, 2.45) is 0 Å². The quantitative estimate of drug-likeness (QED) is 0.735. The molecule has 0 unspecified atom stereocenters. The molecule has 1 N–H and O–H groups in total. The van der Waals surface area contributed by atoms with Gasteiger partial charge in [0, 0.05) is 10.2 Å². The van der Waals surface area contributed by atoms with Crippen molar-refractivity contribution in [1.82, 2.24) is 9.55 Å². The molecule has 0 radical (unpaired) electrons. The zero-order valence-corrected chi connectivity index (χ0v) is 14.3. The number of aryl methyl sites for hydroxylation is 1. The highest BCUT2D eigenvalue weighted by molar-refractivity contribution is 14.1. The van der Waals surface area contributed by atoms with Gasteiger partial charge in [-0.3, -0.25) is 14.2 Å². The first-order chi connectivity index (χ1) is 9.47. The van der Waals surface area contributed by atoms with Crippen molar-refractivity contribution in [3.8, 4) is 0 Å². The van der Waals surface area contributed by atoms with E-state index in [-0.39, 0.29) is 18.0 Å². The Morgan fingerprint density at radius 1 is 1.40 bits per heavy atom. The number of aromatic nitrogens is 2. The number of rotatable bonds is 3. The molecule has 104 valence electrons. The summed E-state index contributed by atoms with van der Waals surface area (Å²) in [5, 5.41) is 2.73. The SMILES string of the molecule is Cc1ncn(CC(=O)Nc2ccc(Br)cc2)c(=O)c1I. The fourth-order valence-electron chi connectivity index (χ4n) is 1.55. The third-order valence-corrected chi connectivity index (χ3v) is 4.37. The van der Waals surface area contributed by atoms with Crippen LogP contribution in [-0.2, 0) is 11.3 Å². The summed E-state index contributed by atoms with van der Waals surface area (Å²) in [7, 11) is 0. The molecule has 0 saturated carbocycles. The molecular formula is C13H11BrIN3O2. The third kappa shape index (κ3) is 3.66. The van der Waals surface area contributed by atoms with Crippen LogP contribution in [0, 0.1) is 10.5 Å². The number of amides is 1. The number of hydrogen-bond donors (Lipinski definition) is 1. The lowest BCUT2D eigenvalue weighted by Crippen LogP contribution is -2.29. The van der Waals surface area contributed by atoms with Crippen molar-refractivity contribution >= 4 is 50.1 Å². The van der Waals surface area contributed by atoms with E-state index in [9.17, 15) is 9.59 Å². The van der Waals surface area contributed by atoms with E-state index < -0.39 is 0 Å². The van der Waals surface area contributed by atoms with E-state index in [1.165, 1.54) is 10.9 Å². The molecule has 0 aliphatic rings. The van der Waals surface area contributed by atoms with Crippen LogP contribution >= 0.6 is 38.5 Å². The summed E-state index contributed by atoms with van der Waals surface area (Å²) in [6.45, 7) is 1.70. The summed E-state index contributed by atoms with van der Waals surface area (Å²) in [4.78, 5) is 27.9.